The molecule has 0 aliphatic heterocycles. The molecular formula is C11H15NO3S. The van der Waals surface area contributed by atoms with Gasteiger partial charge in [-0.3, -0.25) is 4.79 Å². The first kappa shape index (κ1) is 12.7. The number of carbonyl (C=O) groups is 1. The van der Waals surface area contributed by atoms with Crippen molar-refractivity contribution in [2.45, 2.75) is 24.7 Å². The number of carbonyl (C=O) groups excluding carboxylic acids is 1. The van der Waals surface area contributed by atoms with E-state index in [-0.39, 0.29) is 16.4 Å². The Hall–Kier alpha value is -1.36. The molecule has 0 aromatic heterocycles. The second-order valence-electron chi connectivity index (χ2n) is 4.04. The number of rotatable bonds is 3. The molecule has 0 fully saturated rings. The molecule has 1 rings (SSSR count). The lowest BCUT2D eigenvalue weighted by molar-refractivity contribution is 0.1000. The summed E-state index contributed by atoms with van der Waals surface area (Å²) >= 11 is 0. The molecule has 0 saturated heterocycles. The third kappa shape index (κ3) is 2.61. The quantitative estimate of drug-likeness (QED) is 0.866. The zero-order valence-corrected chi connectivity index (χ0v) is 10.3. The van der Waals surface area contributed by atoms with Gasteiger partial charge < -0.3 is 5.73 Å². The molecule has 1 amide bonds. The van der Waals surface area contributed by atoms with Crippen LogP contribution in [0.5, 0.6) is 0 Å². The van der Waals surface area contributed by atoms with Crippen molar-refractivity contribution >= 4 is 15.7 Å². The Bertz CT molecular complexity index is 518. The summed E-state index contributed by atoms with van der Waals surface area (Å²) in [6, 6.07) is 4.53. The number of hydrogen-bond donors (Lipinski definition) is 1. The lowest BCUT2D eigenvalue weighted by Crippen LogP contribution is -2.13. The summed E-state index contributed by atoms with van der Waals surface area (Å²) in [5, 5.41) is 0. The number of nitrogens with two attached hydrogens (primary N) is 1. The van der Waals surface area contributed by atoms with Gasteiger partial charge in [0.2, 0.25) is 5.91 Å². The fraction of sp³-hybridized carbons (Fsp3) is 0.364. The molecule has 2 N–H and O–H groups in total. The molecule has 0 unspecified atom stereocenters. The van der Waals surface area contributed by atoms with Crippen molar-refractivity contribution in [1.82, 2.24) is 0 Å². The zero-order chi connectivity index (χ0) is 12.5. The summed E-state index contributed by atoms with van der Waals surface area (Å²) in [7, 11) is -3.34. The molecule has 0 spiro atoms. The van der Waals surface area contributed by atoms with Crippen molar-refractivity contribution in [1.29, 1.82) is 0 Å². The molecule has 0 radical (unpaired) electrons. The van der Waals surface area contributed by atoms with Crippen LogP contribution in [0.15, 0.2) is 23.1 Å². The summed E-state index contributed by atoms with van der Waals surface area (Å²) in [5.41, 5.74) is 6.03. The lowest BCUT2D eigenvalue weighted by atomic mass is 10.0. The van der Waals surface area contributed by atoms with Crippen LogP contribution in [0.4, 0.5) is 0 Å². The van der Waals surface area contributed by atoms with Crippen molar-refractivity contribution in [3.63, 3.8) is 0 Å². The molecule has 0 bridgehead atoms. The van der Waals surface area contributed by atoms with Crippen LogP contribution < -0.4 is 5.73 Å². The van der Waals surface area contributed by atoms with E-state index < -0.39 is 15.7 Å². The van der Waals surface area contributed by atoms with E-state index in [0.717, 1.165) is 6.26 Å². The van der Waals surface area contributed by atoms with Gasteiger partial charge in [0.1, 0.15) is 0 Å². The Morgan fingerprint density at radius 2 is 1.88 bits per heavy atom. The number of amides is 1. The van der Waals surface area contributed by atoms with Crippen LogP contribution in [0.25, 0.3) is 0 Å². The Balaban J connectivity index is 3.51. The molecule has 0 aliphatic rings. The minimum Gasteiger partial charge on any atom is -0.366 e. The lowest BCUT2D eigenvalue weighted by Gasteiger charge is -2.12. The van der Waals surface area contributed by atoms with Crippen LogP contribution in [0.3, 0.4) is 0 Å². The predicted octanol–water partition coefficient (Wildman–Crippen LogP) is 1.31. The molecule has 1 aromatic carbocycles. The first-order valence-electron chi connectivity index (χ1n) is 4.87. The van der Waals surface area contributed by atoms with Crippen LogP contribution in [-0.4, -0.2) is 20.6 Å². The molecule has 4 nitrogen and oxygen atoms in total. The maximum absolute atomic E-state index is 11.6. The Kier molecular flexibility index (Phi) is 3.38. The van der Waals surface area contributed by atoms with E-state index in [1.165, 1.54) is 6.07 Å². The van der Waals surface area contributed by atoms with E-state index in [1.54, 1.807) is 12.1 Å². The Labute approximate surface area is 95.4 Å². The number of primary amides is 1. The van der Waals surface area contributed by atoms with E-state index in [9.17, 15) is 13.2 Å². The van der Waals surface area contributed by atoms with Gasteiger partial charge >= 0.3 is 0 Å². The number of benzene rings is 1. The maximum atomic E-state index is 11.6. The van der Waals surface area contributed by atoms with E-state index in [1.807, 2.05) is 13.8 Å². The molecule has 16 heavy (non-hydrogen) atoms. The minimum absolute atomic E-state index is 0.0756. The first-order chi connectivity index (χ1) is 7.23. The summed E-state index contributed by atoms with van der Waals surface area (Å²) in [6.45, 7) is 3.79. The normalized spacial score (nSPS) is 11.8. The fourth-order valence-corrected chi connectivity index (χ4v) is 2.56. The molecule has 88 valence electrons. The smallest absolute Gasteiger partial charge is 0.248 e. The highest BCUT2D eigenvalue weighted by molar-refractivity contribution is 7.90. The third-order valence-electron chi connectivity index (χ3n) is 2.32. The highest BCUT2D eigenvalue weighted by Gasteiger charge is 2.17. The van der Waals surface area contributed by atoms with Gasteiger partial charge in [0, 0.05) is 11.8 Å². The van der Waals surface area contributed by atoms with Gasteiger partial charge in [-0.2, -0.15) is 0 Å². The number of hydrogen-bond acceptors (Lipinski definition) is 3. The molecule has 0 heterocycles. The van der Waals surface area contributed by atoms with Crippen molar-refractivity contribution in [3.05, 3.63) is 29.3 Å². The van der Waals surface area contributed by atoms with Gasteiger partial charge in [0.25, 0.3) is 0 Å². The topological polar surface area (TPSA) is 77.2 Å². The second-order valence-corrected chi connectivity index (χ2v) is 6.03. The maximum Gasteiger partial charge on any atom is 0.248 e. The average molecular weight is 241 g/mol. The highest BCUT2D eigenvalue weighted by Crippen LogP contribution is 2.24. The fourth-order valence-electron chi connectivity index (χ4n) is 1.49. The van der Waals surface area contributed by atoms with Crippen molar-refractivity contribution in [2.75, 3.05) is 6.26 Å². The largest absolute Gasteiger partial charge is 0.366 e. The zero-order valence-electron chi connectivity index (χ0n) is 9.52. The van der Waals surface area contributed by atoms with Crippen molar-refractivity contribution in [2.24, 2.45) is 5.73 Å². The third-order valence-corrected chi connectivity index (χ3v) is 3.47. The van der Waals surface area contributed by atoms with Gasteiger partial charge in [-0.25, -0.2) is 8.42 Å². The summed E-state index contributed by atoms with van der Waals surface area (Å²) in [6.07, 6.45) is 1.12. The summed E-state index contributed by atoms with van der Waals surface area (Å²) in [5.74, 6) is -0.549. The van der Waals surface area contributed by atoms with Gasteiger partial charge in [0.05, 0.1) is 4.90 Å². The van der Waals surface area contributed by atoms with E-state index in [0.29, 0.717) is 5.56 Å². The highest BCUT2D eigenvalue weighted by atomic mass is 32.2. The summed E-state index contributed by atoms with van der Waals surface area (Å²) in [4.78, 5) is 11.2. The van der Waals surface area contributed by atoms with Crippen LogP contribution >= 0.6 is 0 Å². The first-order valence-corrected chi connectivity index (χ1v) is 6.76. The monoisotopic (exact) mass is 241 g/mol. The van der Waals surface area contributed by atoms with E-state index in [4.69, 9.17) is 5.73 Å². The van der Waals surface area contributed by atoms with Gasteiger partial charge in [-0.1, -0.05) is 19.9 Å². The van der Waals surface area contributed by atoms with Gasteiger partial charge in [-0.15, -0.1) is 0 Å². The molecule has 0 aliphatic carbocycles. The van der Waals surface area contributed by atoms with Gasteiger partial charge in [0.15, 0.2) is 9.84 Å². The molecule has 0 saturated carbocycles. The summed E-state index contributed by atoms with van der Waals surface area (Å²) < 4.78 is 23.2. The van der Waals surface area contributed by atoms with Crippen LogP contribution in [0, 0.1) is 0 Å². The molecule has 5 heteroatoms. The predicted molar refractivity (Wildman–Crippen MR) is 62.2 cm³/mol. The Morgan fingerprint density at radius 3 is 2.25 bits per heavy atom. The number of sulfone groups is 1. The molecular weight excluding hydrogens is 226 g/mol. The van der Waals surface area contributed by atoms with Crippen LogP contribution in [0.1, 0.15) is 35.7 Å². The van der Waals surface area contributed by atoms with Crippen LogP contribution in [-0.2, 0) is 9.84 Å². The molecule has 0 atom stereocenters. The minimum atomic E-state index is -3.34. The average Bonchev–Trinajstić information content (AvgIpc) is 2.15. The van der Waals surface area contributed by atoms with Crippen LogP contribution in [0.2, 0.25) is 0 Å². The molecule has 1 aromatic rings. The van der Waals surface area contributed by atoms with E-state index in [2.05, 4.69) is 0 Å². The van der Waals surface area contributed by atoms with Crippen molar-refractivity contribution in [3.8, 4) is 0 Å². The standard InChI is InChI=1S/C11H15NO3S/c1-7(2)9-5-4-8(11(12)13)6-10(9)16(3,14)15/h4-7H,1-3H3,(H2,12,13). The van der Waals surface area contributed by atoms with Gasteiger partial charge in [-0.05, 0) is 23.6 Å². The Morgan fingerprint density at radius 1 is 1.31 bits per heavy atom. The van der Waals surface area contributed by atoms with Crippen molar-refractivity contribution < 1.29 is 13.2 Å². The second kappa shape index (κ2) is 4.25. The van der Waals surface area contributed by atoms with E-state index >= 15 is 0 Å². The SMILES string of the molecule is CC(C)c1ccc(C(N)=O)cc1S(C)(=O)=O.